The molecule has 4 heterocycles. The Balaban J connectivity index is 1.39. The highest BCUT2D eigenvalue weighted by molar-refractivity contribution is 6.14. The highest BCUT2D eigenvalue weighted by Crippen LogP contribution is 2.80. The first-order valence-corrected chi connectivity index (χ1v) is 13.6. The summed E-state index contributed by atoms with van der Waals surface area (Å²) in [6.07, 6.45) is -4.55. The fraction of sp³-hybridized carbons (Fsp3) is 0.400. The van der Waals surface area contributed by atoms with Gasteiger partial charge < -0.3 is 48.5 Å². The number of aliphatic hydroxyl groups excluding tert-OH is 2. The molecule has 3 aliphatic heterocycles. The van der Waals surface area contributed by atoms with Crippen LogP contribution in [-0.2, 0) is 30.1 Å². The number of phenolic OH excluding ortho intramolecular Hbond substituents is 2. The molecule has 8 rings (SSSR count). The minimum atomic E-state index is -2.48. The van der Waals surface area contributed by atoms with Crippen molar-refractivity contribution in [1.29, 1.82) is 0 Å². The number of cyclic esters (lactones) is 1. The van der Waals surface area contributed by atoms with Gasteiger partial charge in [0.2, 0.25) is 22.8 Å². The molecule has 14 nitrogen and oxygen atoms in total. The number of phenols is 2. The topological polar surface area (TPSA) is 215 Å². The van der Waals surface area contributed by atoms with Gasteiger partial charge in [-0.2, -0.15) is 0 Å². The predicted octanol–water partition coefficient (Wildman–Crippen LogP) is 0.997. The second kappa shape index (κ2) is 7.90. The molecule has 228 valence electrons. The Morgan fingerprint density at radius 2 is 1.39 bits per heavy atom. The van der Waals surface area contributed by atoms with Gasteiger partial charge in [-0.1, -0.05) is 0 Å². The van der Waals surface area contributed by atoms with Gasteiger partial charge in [0.25, 0.3) is 11.6 Å². The maximum absolute atomic E-state index is 14.2. The molecule has 44 heavy (non-hydrogen) atoms. The lowest BCUT2D eigenvalue weighted by molar-refractivity contribution is -0.0579. The van der Waals surface area contributed by atoms with Gasteiger partial charge in [-0.25, -0.2) is 9.59 Å². The largest absolute Gasteiger partial charge is 0.507 e. The molecule has 2 aliphatic carbocycles. The van der Waals surface area contributed by atoms with Crippen molar-refractivity contribution in [3.05, 3.63) is 67.8 Å². The number of esters is 1. The van der Waals surface area contributed by atoms with E-state index < -0.39 is 86.9 Å². The molecule has 0 radical (unpaired) electrons. The van der Waals surface area contributed by atoms with Crippen LogP contribution in [0, 0.1) is 6.92 Å². The molecule has 4 N–H and O–H groups in total. The Labute approximate surface area is 246 Å². The van der Waals surface area contributed by atoms with E-state index >= 15 is 0 Å². The van der Waals surface area contributed by atoms with Crippen LogP contribution in [-0.4, -0.2) is 81.1 Å². The van der Waals surface area contributed by atoms with Crippen LogP contribution >= 0.6 is 0 Å². The molecule has 0 saturated carbocycles. The molecule has 2 aromatic carbocycles. The van der Waals surface area contributed by atoms with Crippen molar-refractivity contribution in [3.8, 4) is 11.5 Å². The Morgan fingerprint density at radius 3 is 1.95 bits per heavy atom. The van der Waals surface area contributed by atoms with E-state index in [0.29, 0.717) is 5.56 Å². The summed E-state index contributed by atoms with van der Waals surface area (Å²) in [4.78, 5) is 53.8. The number of rotatable bonds is 3. The number of methoxy groups -OCH3 is 2. The maximum atomic E-state index is 14.2. The lowest BCUT2D eigenvalue weighted by Gasteiger charge is -2.39. The first kappa shape index (κ1) is 27.4. The number of Topliss-reactive ketones (excluding diaryl/α,β-unsaturated/α-hetero) is 2. The van der Waals surface area contributed by atoms with Crippen molar-refractivity contribution < 1.29 is 62.9 Å². The van der Waals surface area contributed by atoms with Gasteiger partial charge in [0.1, 0.15) is 46.5 Å². The lowest BCUT2D eigenvalue weighted by atomic mass is 9.63. The summed E-state index contributed by atoms with van der Waals surface area (Å²) in [5.74, 6) is -8.81. The molecular formula is C30H24O14. The SMILES string of the molecule is COC12OC1(C13OC1(OC)C(=O)c1cc4cc(C)oc(=O)c4c(O)c1C3O)C(O)c1c(cc3c(c1O)C(=O)OC(C)C3)C2=O. The zero-order chi connectivity index (χ0) is 31.5. The zero-order valence-electron chi connectivity index (χ0n) is 23.5. The maximum Gasteiger partial charge on any atom is 0.347 e. The predicted molar refractivity (Wildman–Crippen MR) is 141 cm³/mol. The number of carbonyl (C=O) groups excluding carboxylic acids is 3. The van der Waals surface area contributed by atoms with Gasteiger partial charge >= 0.3 is 11.6 Å². The highest BCUT2D eigenvalue weighted by Gasteiger charge is 3.03. The third-order valence-corrected chi connectivity index (χ3v) is 9.66. The van der Waals surface area contributed by atoms with Crippen molar-refractivity contribution >= 4 is 28.3 Å². The van der Waals surface area contributed by atoms with Crippen LogP contribution in [0.4, 0.5) is 0 Å². The van der Waals surface area contributed by atoms with E-state index in [1.54, 1.807) is 6.92 Å². The number of hydrogen-bond donors (Lipinski definition) is 4. The van der Waals surface area contributed by atoms with E-state index in [2.05, 4.69) is 0 Å². The lowest BCUT2D eigenvalue weighted by Crippen LogP contribution is -2.61. The molecular weight excluding hydrogens is 584 g/mol. The smallest absolute Gasteiger partial charge is 0.347 e. The molecule has 14 heteroatoms. The zero-order valence-corrected chi connectivity index (χ0v) is 23.5. The number of carbonyl (C=O) groups is 3. The van der Waals surface area contributed by atoms with E-state index in [9.17, 15) is 39.6 Å². The van der Waals surface area contributed by atoms with Crippen LogP contribution in [0.15, 0.2) is 27.4 Å². The van der Waals surface area contributed by atoms with Gasteiger partial charge in [-0.15, -0.1) is 0 Å². The first-order chi connectivity index (χ1) is 20.8. The fourth-order valence-corrected chi connectivity index (χ4v) is 7.81. The van der Waals surface area contributed by atoms with E-state index in [0.717, 1.165) is 14.2 Å². The second-order valence-electron chi connectivity index (χ2n) is 11.7. The molecule has 7 unspecified atom stereocenters. The Hall–Kier alpha value is -4.18. The molecule has 0 bridgehead atoms. The molecule has 3 aromatic rings. The van der Waals surface area contributed by atoms with Crippen LogP contribution < -0.4 is 5.63 Å². The monoisotopic (exact) mass is 608 g/mol. The van der Waals surface area contributed by atoms with Crippen LogP contribution in [0.2, 0.25) is 0 Å². The summed E-state index contributed by atoms with van der Waals surface area (Å²) in [6, 6.07) is 4.02. The Morgan fingerprint density at radius 1 is 0.841 bits per heavy atom. The van der Waals surface area contributed by atoms with Crippen molar-refractivity contribution in [2.24, 2.45) is 0 Å². The second-order valence-corrected chi connectivity index (χ2v) is 11.7. The van der Waals surface area contributed by atoms with Crippen LogP contribution in [0.25, 0.3) is 10.8 Å². The number of aromatic hydroxyl groups is 2. The standard InChI is InChI=1S/C30H24O14/c1-9-5-11-7-13-17(19(31)15(11)25(37)41-9)23(35)27(29(39-3,43-27)21(13)33)28-24(36)18-14(22(34)30(28,40-4)44-28)8-12-6-10(2)42-26(38)16(12)20(18)32/h5,7-8,10,23-24,31-32,35-36H,6H2,1-4H3. The van der Waals surface area contributed by atoms with E-state index in [1.807, 2.05) is 0 Å². The van der Waals surface area contributed by atoms with Crippen LogP contribution in [0.1, 0.15) is 72.7 Å². The van der Waals surface area contributed by atoms with Gasteiger partial charge in [0, 0.05) is 42.9 Å². The highest BCUT2D eigenvalue weighted by atomic mass is 16.9. The quantitative estimate of drug-likeness (QED) is 0.241. The minimum Gasteiger partial charge on any atom is -0.507 e. The van der Waals surface area contributed by atoms with Crippen molar-refractivity contribution in [3.63, 3.8) is 0 Å². The summed E-state index contributed by atoms with van der Waals surface area (Å²) >= 11 is 0. The molecule has 1 aromatic heterocycles. The number of aryl methyl sites for hydroxylation is 1. The van der Waals surface area contributed by atoms with Crippen LogP contribution in [0.5, 0.6) is 11.5 Å². The summed E-state index contributed by atoms with van der Waals surface area (Å²) < 4.78 is 33.4. The normalized spacial score (nSPS) is 36.1. The molecule has 5 aliphatic rings. The summed E-state index contributed by atoms with van der Waals surface area (Å²) in [7, 11) is 2.20. The number of aliphatic hydroxyl groups is 2. The molecule has 7 atom stereocenters. The molecule has 0 spiro atoms. The molecule has 0 amide bonds. The number of epoxide rings is 2. The first-order valence-electron chi connectivity index (χ1n) is 13.6. The molecule has 2 saturated heterocycles. The average molecular weight is 609 g/mol. The van der Waals surface area contributed by atoms with E-state index in [4.69, 9.17) is 28.1 Å². The van der Waals surface area contributed by atoms with Crippen molar-refractivity contribution in [2.45, 2.75) is 61.4 Å². The fourth-order valence-electron chi connectivity index (χ4n) is 7.81. The van der Waals surface area contributed by atoms with E-state index in [-0.39, 0.29) is 39.6 Å². The van der Waals surface area contributed by atoms with Crippen LogP contribution in [0.3, 0.4) is 0 Å². The Kier molecular flexibility index (Phi) is 4.92. The summed E-state index contributed by atoms with van der Waals surface area (Å²) in [5.41, 5.74) is -7.24. The minimum absolute atomic E-state index is 0.139. The number of fused-ring (bicyclic) bond motifs is 7. The third kappa shape index (κ3) is 2.59. The summed E-state index contributed by atoms with van der Waals surface area (Å²) in [5, 5.41) is 46.5. The number of benzene rings is 2. The van der Waals surface area contributed by atoms with Gasteiger partial charge in [0.05, 0.1) is 0 Å². The number of ether oxygens (including phenoxy) is 5. The molecule has 2 fully saturated rings. The van der Waals surface area contributed by atoms with Gasteiger partial charge in [0.15, 0.2) is 0 Å². The number of hydrogen-bond acceptors (Lipinski definition) is 14. The van der Waals surface area contributed by atoms with Crippen molar-refractivity contribution in [2.75, 3.05) is 14.2 Å². The Bertz CT molecular complexity index is 2000. The van der Waals surface area contributed by atoms with Crippen molar-refractivity contribution in [1.82, 2.24) is 0 Å². The average Bonchev–Trinajstić information content (AvgIpc) is 3.85. The summed E-state index contributed by atoms with van der Waals surface area (Å²) in [6.45, 7) is 3.14. The van der Waals surface area contributed by atoms with E-state index in [1.165, 1.54) is 25.1 Å². The van der Waals surface area contributed by atoms with Gasteiger partial charge in [-0.05, 0) is 43.0 Å². The third-order valence-electron chi connectivity index (χ3n) is 9.66. The number of ketones is 2. The van der Waals surface area contributed by atoms with Gasteiger partial charge in [-0.3, -0.25) is 9.59 Å².